The Balaban J connectivity index is 2.13. The number of hydrogen-bond acceptors (Lipinski definition) is 2. The van der Waals surface area contributed by atoms with Crippen LogP contribution in [0.25, 0.3) is 0 Å². The number of benzene rings is 1. The number of nitrogens with one attached hydrogen (secondary N) is 1. The van der Waals surface area contributed by atoms with Crippen LogP contribution < -0.4 is 11.1 Å². The summed E-state index contributed by atoms with van der Waals surface area (Å²) in [5, 5.41) is 2.79. The first-order valence-corrected chi connectivity index (χ1v) is 5.91. The van der Waals surface area contributed by atoms with Gasteiger partial charge in [-0.3, -0.25) is 4.79 Å². The second-order valence-electron chi connectivity index (χ2n) is 4.24. The monoisotopic (exact) mass is 218 g/mol. The Morgan fingerprint density at radius 2 is 2.00 bits per heavy atom. The van der Waals surface area contributed by atoms with Gasteiger partial charge in [0, 0.05) is 18.7 Å². The summed E-state index contributed by atoms with van der Waals surface area (Å²) in [6.07, 6.45) is 4.76. The molecule has 86 valence electrons. The van der Waals surface area contributed by atoms with E-state index in [9.17, 15) is 4.79 Å². The number of hydrogen-bond donors (Lipinski definition) is 2. The molecule has 1 aromatic carbocycles. The maximum Gasteiger partial charge on any atom is 0.251 e. The van der Waals surface area contributed by atoms with E-state index in [1.807, 2.05) is 12.1 Å². The lowest BCUT2D eigenvalue weighted by atomic mass is 9.90. The SMILES string of the molecule is NCCNC(=O)c1ccc2c(c1)CCCC2. The average Bonchev–Trinajstić information content (AvgIpc) is 2.35. The highest BCUT2D eigenvalue weighted by molar-refractivity contribution is 5.94. The molecule has 0 atom stereocenters. The van der Waals surface area contributed by atoms with Gasteiger partial charge < -0.3 is 11.1 Å². The van der Waals surface area contributed by atoms with Gasteiger partial charge in [0.1, 0.15) is 0 Å². The molecule has 0 fully saturated rings. The number of amides is 1. The van der Waals surface area contributed by atoms with E-state index in [2.05, 4.69) is 11.4 Å². The molecule has 1 amide bonds. The summed E-state index contributed by atoms with van der Waals surface area (Å²) in [6.45, 7) is 1.02. The minimum absolute atomic E-state index is 0.0150. The molecule has 0 spiro atoms. The first kappa shape index (κ1) is 11.1. The summed E-state index contributed by atoms with van der Waals surface area (Å²) in [5.41, 5.74) is 8.85. The molecule has 1 aliphatic carbocycles. The second-order valence-corrected chi connectivity index (χ2v) is 4.24. The van der Waals surface area contributed by atoms with E-state index in [1.165, 1.54) is 24.0 Å². The van der Waals surface area contributed by atoms with E-state index in [1.54, 1.807) is 0 Å². The standard InChI is InChI=1S/C13H18N2O/c14-7-8-15-13(16)12-6-5-10-3-1-2-4-11(10)9-12/h5-6,9H,1-4,7-8,14H2,(H,15,16). The number of nitrogens with two attached hydrogens (primary N) is 1. The lowest BCUT2D eigenvalue weighted by molar-refractivity contribution is 0.0954. The van der Waals surface area contributed by atoms with Crippen molar-refractivity contribution < 1.29 is 4.79 Å². The van der Waals surface area contributed by atoms with Gasteiger partial charge in [0.25, 0.3) is 5.91 Å². The average molecular weight is 218 g/mol. The topological polar surface area (TPSA) is 55.1 Å². The highest BCUT2D eigenvalue weighted by atomic mass is 16.1. The van der Waals surface area contributed by atoms with Gasteiger partial charge >= 0.3 is 0 Å². The zero-order valence-electron chi connectivity index (χ0n) is 9.46. The van der Waals surface area contributed by atoms with Crippen LogP contribution in [-0.4, -0.2) is 19.0 Å². The van der Waals surface area contributed by atoms with Crippen LogP contribution in [0.3, 0.4) is 0 Å². The summed E-state index contributed by atoms with van der Waals surface area (Å²) in [6, 6.07) is 6.03. The van der Waals surface area contributed by atoms with E-state index >= 15 is 0 Å². The summed E-state index contributed by atoms with van der Waals surface area (Å²) in [7, 11) is 0. The fraction of sp³-hybridized carbons (Fsp3) is 0.462. The smallest absolute Gasteiger partial charge is 0.251 e. The minimum atomic E-state index is -0.0150. The van der Waals surface area contributed by atoms with Crippen molar-refractivity contribution in [1.82, 2.24) is 5.32 Å². The van der Waals surface area contributed by atoms with Crippen LogP contribution >= 0.6 is 0 Å². The van der Waals surface area contributed by atoms with Gasteiger partial charge in [-0.05, 0) is 48.9 Å². The van der Waals surface area contributed by atoms with Crippen molar-refractivity contribution in [2.24, 2.45) is 5.73 Å². The highest BCUT2D eigenvalue weighted by Gasteiger charge is 2.12. The Hall–Kier alpha value is -1.35. The molecule has 1 aromatic rings. The number of aryl methyl sites for hydroxylation is 2. The third kappa shape index (κ3) is 2.42. The van der Waals surface area contributed by atoms with Gasteiger partial charge in [-0.2, -0.15) is 0 Å². The minimum Gasteiger partial charge on any atom is -0.351 e. The van der Waals surface area contributed by atoms with Gasteiger partial charge in [0.05, 0.1) is 0 Å². The lowest BCUT2D eigenvalue weighted by Crippen LogP contribution is -2.29. The van der Waals surface area contributed by atoms with Gasteiger partial charge in [0.2, 0.25) is 0 Å². The number of rotatable bonds is 3. The number of carbonyl (C=O) groups is 1. The molecule has 0 saturated heterocycles. The van der Waals surface area contributed by atoms with E-state index in [-0.39, 0.29) is 5.91 Å². The molecule has 1 aliphatic rings. The molecule has 0 bridgehead atoms. The van der Waals surface area contributed by atoms with Gasteiger partial charge in [0.15, 0.2) is 0 Å². The highest BCUT2D eigenvalue weighted by Crippen LogP contribution is 2.22. The van der Waals surface area contributed by atoms with Crippen molar-refractivity contribution in [1.29, 1.82) is 0 Å². The Kier molecular flexibility index (Phi) is 3.57. The zero-order chi connectivity index (χ0) is 11.4. The molecular formula is C13H18N2O. The molecular weight excluding hydrogens is 200 g/mol. The van der Waals surface area contributed by atoms with Crippen LogP contribution in [0.1, 0.15) is 34.3 Å². The summed E-state index contributed by atoms with van der Waals surface area (Å²) in [5.74, 6) is -0.0150. The molecule has 16 heavy (non-hydrogen) atoms. The molecule has 0 aliphatic heterocycles. The predicted molar refractivity (Wildman–Crippen MR) is 64.5 cm³/mol. The maximum atomic E-state index is 11.7. The van der Waals surface area contributed by atoms with Crippen LogP contribution in [0.15, 0.2) is 18.2 Å². The van der Waals surface area contributed by atoms with Crippen molar-refractivity contribution in [3.05, 3.63) is 34.9 Å². The van der Waals surface area contributed by atoms with E-state index in [0.29, 0.717) is 13.1 Å². The van der Waals surface area contributed by atoms with Gasteiger partial charge in [-0.25, -0.2) is 0 Å². The normalized spacial score (nSPS) is 14.3. The summed E-state index contributed by atoms with van der Waals surface area (Å²) >= 11 is 0. The van der Waals surface area contributed by atoms with Crippen LogP contribution in [0.5, 0.6) is 0 Å². The van der Waals surface area contributed by atoms with Crippen molar-refractivity contribution in [3.63, 3.8) is 0 Å². The van der Waals surface area contributed by atoms with Gasteiger partial charge in [-0.15, -0.1) is 0 Å². The number of fused-ring (bicyclic) bond motifs is 1. The van der Waals surface area contributed by atoms with Crippen molar-refractivity contribution >= 4 is 5.91 Å². The molecule has 0 saturated carbocycles. The molecule has 0 aromatic heterocycles. The summed E-state index contributed by atoms with van der Waals surface area (Å²) in [4.78, 5) is 11.7. The van der Waals surface area contributed by atoms with E-state index in [4.69, 9.17) is 5.73 Å². The fourth-order valence-corrected chi connectivity index (χ4v) is 2.16. The van der Waals surface area contributed by atoms with E-state index in [0.717, 1.165) is 18.4 Å². The first-order valence-electron chi connectivity index (χ1n) is 5.91. The predicted octanol–water partition coefficient (Wildman–Crippen LogP) is 1.25. The quantitative estimate of drug-likeness (QED) is 0.802. The Bertz CT molecular complexity index is 388. The first-order chi connectivity index (χ1) is 7.81. The Morgan fingerprint density at radius 3 is 2.75 bits per heavy atom. The van der Waals surface area contributed by atoms with Crippen LogP contribution in [-0.2, 0) is 12.8 Å². The van der Waals surface area contributed by atoms with E-state index < -0.39 is 0 Å². The van der Waals surface area contributed by atoms with Crippen LogP contribution in [0.4, 0.5) is 0 Å². The molecule has 3 nitrogen and oxygen atoms in total. The third-order valence-electron chi connectivity index (χ3n) is 3.04. The van der Waals surface area contributed by atoms with Gasteiger partial charge in [-0.1, -0.05) is 6.07 Å². The van der Waals surface area contributed by atoms with Crippen molar-refractivity contribution in [2.45, 2.75) is 25.7 Å². The lowest BCUT2D eigenvalue weighted by Gasteiger charge is -2.16. The Morgan fingerprint density at radius 1 is 1.25 bits per heavy atom. The van der Waals surface area contributed by atoms with Crippen molar-refractivity contribution in [2.75, 3.05) is 13.1 Å². The molecule has 0 radical (unpaired) electrons. The Labute approximate surface area is 96.0 Å². The maximum absolute atomic E-state index is 11.7. The number of carbonyl (C=O) groups excluding carboxylic acids is 1. The van der Waals surface area contributed by atoms with Crippen LogP contribution in [0, 0.1) is 0 Å². The largest absolute Gasteiger partial charge is 0.351 e. The molecule has 0 heterocycles. The van der Waals surface area contributed by atoms with Crippen LogP contribution in [0.2, 0.25) is 0 Å². The fourth-order valence-electron chi connectivity index (χ4n) is 2.16. The molecule has 0 unspecified atom stereocenters. The molecule has 3 heteroatoms. The third-order valence-corrected chi connectivity index (χ3v) is 3.04. The summed E-state index contributed by atoms with van der Waals surface area (Å²) < 4.78 is 0. The zero-order valence-corrected chi connectivity index (χ0v) is 9.46. The second kappa shape index (κ2) is 5.12. The van der Waals surface area contributed by atoms with Crippen molar-refractivity contribution in [3.8, 4) is 0 Å². The molecule has 3 N–H and O–H groups in total. The molecule has 2 rings (SSSR count).